The molecule has 3 aromatic rings. The third kappa shape index (κ3) is 5.38. The summed E-state index contributed by atoms with van der Waals surface area (Å²) in [5.74, 6) is 2.19. The van der Waals surface area contributed by atoms with E-state index in [4.69, 9.17) is 18.9 Å². The van der Waals surface area contributed by atoms with Crippen molar-refractivity contribution in [1.29, 1.82) is 0 Å². The number of ketones is 1. The zero-order chi connectivity index (χ0) is 23.9. The van der Waals surface area contributed by atoms with E-state index in [0.717, 1.165) is 11.3 Å². The van der Waals surface area contributed by atoms with Gasteiger partial charge in [-0.25, -0.2) is 4.79 Å². The number of Topliss-reactive ketones (excluding diaryl/α,β-unsaturated/α-hetero) is 1. The van der Waals surface area contributed by atoms with Crippen LogP contribution in [0.3, 0.4) is 0 Å². The van der Waals surface area contributed by atoms with Crippen LogP contribution < -0.4 is 18.9 Å². The summed E-state index contributed by atoms with van der Waals surface area (Å²) in [6, 6.07) is 19.3. The zero-order valence-electron chi connectivity index (χ0n) is 18.9. The summed E-state index contributed by atoms with van der Waals surface area (Å²) in [6.45, 7) is 0.863. The van der Waals surface area contributed by atoms with Gasteiger partial charge >= 0.3 is 5.97 Å². The summed E-state index contributed by atoms with van der Waals surface area (Å²) in [7, 11) is 2.95. The van der Waals surface area contributed by atoms with Crippen molar-refractivity contribution in [3.63, 3.8) is 0 Å². The fourth-order valence-corrected chi connectivity index (χ4v) is 3.35. The summed E-state index contributed by atoms with van der Waals surface area (Å²) >= 11 is 0. The van der Waals surface area contributed by atoms with Crippen LogP contribution in [-0.4, -0.2) is 39.2 Å². The van der Waals surface area contributed by atoms with E-state index >= 15 is 0 Å². The van der Waals surface area contributed by atoms with E-state index in [2.05, 4.69) is 4.74 Å². The Morgan fingerprint density at radius 1 is 0.853 bits per heavy atom. The number of hydrogen-bond acceptors (Lipinski definition) is 7. The molecular weight excluding hydrogens is 436 g/mol. The SMILES string of the molecule is COC(=O)c1ccc(OCCCOc2ccc3c(c2)C(=O)/C(=C/c2ccc(OC)cc2)O3)cc1. The van der Waals surface area contributed by atoms with Crippen molar-refractivity contribution < 1.29 is 33.3 Å². The highest BCUT2D eigenvalue weighted by molar-refractivity contribution is 6.14. The van der Waals surface area contributed by atoms with Crippen LogP contribution in [0.1, 0.15) is 32.7 Å². The Kier molecular flexibility index (Phi) is 7.13. The van der Waals surface area contributed by atoms with E-state index < -0.39 is 0 Å². The molecule has 0 unspecified atom stereocenters. The van der Waals surface area contributed by atoms with Gasteiger partial charge in [-0.05, 0) is 66.2 Å². The van der Waals surface area contributed by atoms with E-state index in [1.165, 1.54) is 7.11 Å². The minimum Gasteiger partial charge on any atom is -0.497 e. The van der Waals surface area contributed by atoms with Crippen LogP contribution in [-0.2, 0) is 4.74 Å². The van der Waals surface area contributed by atoms with Gasteiger partial charge in [-0.3, -0.25) is 4.79 Å². The molecule has 174 valence electrons. The first-order valence-electron chi connectivity index (χ1n) is 10.7. The number of fused-ring (bicyclic) bond motifs is 1. The van der Waals surface area contributed by atoms with Crippen molar-refractivity contribution in [3.8, 4) is 23.0 Å². The number of rotatable bonds is 9. The summed E-state index contributed by atoms with van der Waals surface area (Å²) in [4.78, 5) is 24.2. The van der Waals surface area contributed by atoms with Gasteiger partial charge in [0.25, 0.3) is 0 Å². The number of allylic oxidation sites excluding steroid dienone is 1. The molecule has 0 radical (unpaired) electrons. The molecule has 34 heavy (non-hydrogen) atoms. The lowest BCUT2D eigenvalue weighted by atomic mass is 10.1. The Morgan fingerprint density at radius 3 is 2.18 bits per heavy atom. The molecule has 0 fully saturated rings. The quantitative estimate of drug-likeness (QED) is 0.254. The molecule has 1 aliphatic heterocycles. The molecule has 0 N–H and O–H groups in total. The molecule has 0 amide bonds. The number of esters is 1. The largest absolute Gasteiger partial charge is 0.497 e. The number of hydrogen-bond donors (Lipinski definition) is 0. The maximum atomic E-state index is 12.8. The fraction of sp³-hybridized carbons (Fsp3) is 0.185. The van der Waals surface area contributed by atoms with E-state index in [-0.39, 0.29) is 17.5 Å². The molecule has 3 aromatic carbocycles. The first kappa shape index (κ1) is 22.9. The number of carbonyl (C=O) groups excluding carboxylic acids is 2. The minimum atomic E-state index is -0.387. The summed E-state index contributed by atoms with van der Waals surface area (Å²) in [6.07, 6.45) is 2.35. The van der Waals surface area contributed by atoms with E-state index in [9.17, 15) is 9.59 Å². The van der Waals surface area contributed by atoms with Crippen LogP contribution in [0.2, 0.25) is 0 Å². The van der Waals surface area contributed by atoms with Gasteiger partial charge in [0.2, 0.25) is 5.78 Å². The Balaban J connectivity index is 1.27. The van der Waals surface area contributed by atoms with Gasteiger partial charge in [-0.15, -0.1) is 0 Å². The summed E-state index contributed by atoms with van der Waals surface area (Å²) in [5.41, 5.74) is 1.78. The third-order valence-electron chi connectivity index (χ3n) is 5.15. The third-order valence-corrected chi connectivity index (χ3v) is 5.15. The Morgan fingerprint density at radius 2 is 1.50 bits per heavy atom. The highest BCUT2D eigenvalue weighted by Gasteiger charge is 2.27. The lowest BCUT2D eigenvalue weighted by Gasteiger charge is -2.09. The second kappa shape index (κ2) is 10.6. The normalized spacial score (nSPS) is 13.2. The molecular formula is C27H24O7. The number of methoxy groups -OCH3 is 2. The zero-order valence-corrected chi connectivity index (χ0v) is 18.9. The van der Waals surface area contributed by atoms with E-state index in [1.54, 1.807) is 55.7 Å². The highest BCUT2D eigenvalue weighted by atomic mass is 16.5. The molecule has 0 spiro atoms. The Labute approximate surface area is 197 Å². The van der Waals surface area contributed by atoms with Gasteiger partial charge < -0.3 is 23.7 Å². The van der Waals surface area contributed by atoms with Crippen molar-refractivity contribution in [2.75, 3.05) is 27.4 Å². The standard InChI is InChI=1S/C27H24O7/c1-30-20-8-4-18(5-9-20)16-25-26(28)23-17-22(12-13-24(23)34-25)33-15-3-14-32-21-10-6-19(7-11-21)27(29)31-2/h4-13,16-17H,3,14-15H2,1-2H3/b25-16-. The first-order valence-corrected chi connectivity index (χ1v) is 10.7. The molecule has 7 heteroatoms. The van der Waals surface area contributed by atoms with Crippen molar-refractivity contribution in [1.82, 2.24) is 0 Å². The summed E-state index contributed by atoms with van der Waals surface area (Å²) in [5, 5.41) is 0. The van der Waals surface area contributed by atoms with Gasteiger partial charge in [0.15, 0.2) is 5.76 Å². The molecule has 0 saturated heterocycles. The number of carbonyl (C=O) groups is 2. The van der Waals surface area contributed by atoms with Crippen molar-refractivity contribution >= 4 is 17.8 Å². The highest BCUT2D eigenvalue weighted by Crippen LogP contribution is 2.34. The molecule has 0 aromatic heterocycles. The van der Waals surface area contributed by atoms with Gasteiger partial charge in [0, 0.05) is 6.42 Å². The Hall–Kier alpha value is -4.26. The topological polar surface area (TPSA) is 80.3 Å². The van der Waals surface area contributed by atoms with Gasteiger partial charge in [0.1, 0.15) is 23.0 Å². The smallest absolute Gasteiger partial charge is 0.337 e. The average molecular weight is 460 g/mol. The lowest BCUT2D eigenvalue weighted by molar-refractivity contribution is 0.0600. The van der Waals surface area contributed by atoms with Crippen molar-refractivity contribution in [3.05, 3.63) is 89.2 Å². The molecule has 0 saturated carbocycles. The molecule has 0 atom stereocenters. The van der Waals surface area contributed by atoms with Crippen molar-refractivity contribution in [2.45, 2.75) is 6.42 Å². The molecule has 0 aliphatic carbocycles. The van der Waals surface area contributed by atoms with Crippen LogP contribution in [0.4, 0.5) is 0 Å². The predicted molar refractivity (Wildman–Crippen MR) is 126 cm³/mol. The van der Waals surface area contributed by atoms with Crippen molar-refractivity contribution in [2.24, 2.45) is 0 Å². The second-order valence-electron chi connectivity index (χ2n) is 7.44. The monoisotopic (exact) mass is 460 g/mol. The first-order chi connectivity index (χ1) is 16.6. The van der Waals surface area contributed by atoms with Crippen LogP contribution in [0.5, 0.6) is 23.0 Å². The average Bonchev–Trinajstić information content (AvgIpc) is 3.18. The number of benzene rings is 3. The summed E-state index contributed by atoms with van der Waals surface area (Å²) < 4.78 is 27.0. The van der Waals surface area contributed by atoms with E-state index in [1.807, 2.05) is 24.3 Å². The predicted octanol–water partition coefficient (Wildman–Crippen LogP) is 4.95. The molecule has 1 aliphatic rings. The van der Waals surface area contributed by atoms with Gasteiger partial charge in [-0.1, -0.05) is 12.1 Å². The lowest BCUT2D eigenvalue weighted by Crippen LogP contribution is -2.06. The van der Waals surface area contributed by atoms with Gasteiger partial charge in [-0.2, -0.15) is 0 Å². The van der Waals surface area contributed by atoms with Crippen LogP contribution in [0.25, 0.3) is 6.08 Å². The van der Waals surface area contributed by atoms with Crippen LogP contribution >= 0.6 is 0 Å². The second-order valence-corrected chi connectivity index (χ2v) is 7.44. The molecule has 4 rings (SSSR count). The molecule has 0 bridgehead atoms. The molecule has 1 heterocycles. The van der Waals surface area contributed by atoms with Crippen LogP contribution in [0, 0.1) is 0 Å². The van der Waals surface area contributed by atoms with Gasteiger partial charge in [0.05, 0.1) is 38.6 Å². The maximum Gasteiger partial charge on any atom is 0.337 e. The van der Waals surface area contributed by atoms with Crippen LogP contribution in [0.15, 0.2) is 72.5 Å². The number of ether oxygens (including phenoxy) is 5. The minimum absolute atomic E-state index is 0.185. The molecule has 7 nitrogen and oxygen atoms in total. The van der Waals surface area contributed by atoms with E-state index in [0.29, 0.717) is 48.0 Å². The fourth-order valence-electron chi connectivity index (χ4n) is 3.35. The Bertz CT molecular complexity index is 1190. The maximum absolute atomic E-state index is 12.8.